The molecule has 2 aliphatic rings. The van der Waals surface area contributed by atoms with E-state index in [-0.39, 0.29) is 41.5 Å². The van der Waals surface area contributed by atoms with E-state index in [9.17, 15) is 34.8 Å². The van der Waals surface area contributed by atoms with Gasteiger partial charge >= 0.3 is 0 Å². The first-order chi connectivity index (χ1) is 19.2. The Hall–Kier alpha value is -3.09. The third-order valence-corrected chi connectivity index (χ3v) is 11.3. The Balaban J connectivity index is 1.56. The number of hydrogen-bond acceptors (Lipinski definition) is 6. The molecule has 0 saturated carbocycles. The molecule has 5 rings (SSSR count). The van der Waals surface area contributed by atoms with Crippen LogP contribution in [0.2, 0.25) is 5.02 Å². The van der Waals surface area contributed by atoms with E-state index >= 15 is 0 Å². The Labute approximate surface area is 240 Å². The highest BCUT2D eigenvalue weighted by atomic mass is 35.5. The molecule has 1 saturated heterocycles. The van der Waals surface area contributed by atoms with Crippen LogP contribution in [0.4, 0.5) is 13.2 Å². The fourth-order valence-electron chi connectivity index (χ4n) is 5.89. The average Bonchev–Trinajstić information content (AvgIpc) is 3.29. The van der Waals surface area contributed by atoms with Crippen LogP contribution in [-0.2, 0) is 42.2 Å². The van der Waals surface area contributed by atoms with Crippen molar-refractivity contribution >= 4 is 37.2 Å². The zero-order valence-corrected chi connectivity index (χ0v) is 24.1. The van der Waals surface area contributed by atoms with Crippen molar-refractivity contribution < 1.29 is 39.5 Å². The van der Waals surface area contributed by atoms with Crippen LogP contribution in [0.1, 0.15) is 29.5 Å². The van der Waals surface area contributed by atoms with Gasteiger partial charge in [0.05, 0.1) is 16.0 Å². The number of likely N-dealkylation sites (tertiary alicyclic amines) is 1. The summed E-state index contributed by atoms with van der Waals surface area (Å²) in [5, 5.41) is -0.141. The highest BCUT2D eigenvalue weighted by Crippen LogP contribution is 2.53. The van der Waals surface area contributed by atoms with E-state index < -0.39 is 59.6 Å². The van der Waals surface area contributed by atoms with Gasteiger partial charge in [-0.15, -0.1) is 0 Å². The molecule has 1 fully saturated rings. The molecule has 1 aliphatic carbocycles. The third kappa shape index (κ3) is 5.32. The van der Waals surface area contributed by atoms with Crippen molar-refractivity contribution in [2.24, 2.45) is 0 Å². The second-order valence-electron chi connectivity index (χ2n) is 10.3. The lowest BCUT2D eigenvalue weighted by Crippen LogP contribution is -2.52. The molecular weight excluding hydrogens is 603 g/mol. The van der Waals surface area contributed by atoms with E-state index in [1.54, 1.807) is 12.1 Å². The second kappa shape index (κ2) is 10.6. The Bertz CT molecular complexity index is 1730. The normalized spacial score (nSPS) is 20.4. The number of benzene rings is 3. The molecule has 0 spiro atoms. The summed E-state index contributed by atoms with van der Waals surface area (Å²) in [5.41, 5.74) is 0.996. The van der Waals surface area contributed by atoms with Gasteiger partial charge in [0.25, 0.3) is 0 Å². The van der Waals surface area contributed by atoms with Crippen molar-refractivity contribution in [2.45, 2.75) is 41.6 Å². The average molecular weight is 628 g/mol. The van der Waals surface area contributed by atoms with Gasteiger partial charge in [0.2, 0.25) is 5.91 Å². The molecule has 1 heterocycles. The van der Waals surface area contributed by atoms with E-state index in [1.165, 1.54) is 23.1 Å². The molecule has 1 amide bonds. The number of fused-ring (bicyclic) bond motifs is 3. The van der Waals surface area contributed by atoms with E-state index in [4.69, 9.17) is 16.3 Å². The maximum absolute atomic E-state index is 14.3. The van der Waals surface area contributed by atoms with Crippen LogP contribution in [-0.4, -0.2) is 52.2 Å². The maximum atomic E-state index is 14.3. The zero-order valence-electron chi connectivity index (χ0n) is 21.7. The predicted molar refractivity (Wildman–Crippen MR) is 146 cm³/mol. The molecule has 218 valence electrons. The van der Waals surface area contributed by atoms with Crippen molar-refractivity contribution in [3.8, 4) is 5.75 Å². The summed E-state index contributed by atoms with van der Waals surface area (Å²) in [6.45, 7) is -0.293. The lowest BCUT2D eigenvalue weighted by molar-refractivity contribution is -0.129. The number of amides is 1. The van der Waals surface area contributed by atoms with E-state index in [2.05, 4.69) is 0 Å². The molecule has 0 N–H and O–H groups in total. The van der Waals surface area contributed by atoms with Crippen molar-refractivity contribution in [3.63, 3.8) is 0 Å². The van der Waals surface area contributed by atoms with E-state index in [0.717, 1.165) is 24.5 Å². The molecule has 0 unspecified atom stereocenters. The Kier molecular flexibility index (Phi) is 7.62. The van der Waals surface area contributed by atoms with Crippen LogP contribution in [0.3, 0.4) is 0 Å². The summed E-state index contributed by atoms with van der Waals surface area (Å²) in [4.78, 5) is 14.2. The van der Waals surface area contributed by atoms with Crippen LogP contribution >= 0.6 is 11.6 Å². The molecular formula is C28H25ClF3NO6S2. The van der Waals surface area contributed by atoms with Crippen LogP contribution < -0.4 is 4.74 Å². The van der Waals surface area contributed by atoms with Gasteiger partial charge in [0.1, 0.15) is 40.3 Å². The standard InChI is InChI=1S/C28H25ClF3NO6S2/c1-40(35,36)16-27(34)33-11-10-28(41(37,38)21-6-3-18(30)4-7-21)23-8-5-20(12-17(23)2-9-26(28)33)39-15-22-24(29)13-19(31)14-25(22)32/h3-8,12-14,26H,2,9-11,15-16H2,1H3/t26-,28-/m1/s1. The van der Waals surface area contributed by atoms with Gasteiger partial charge in [-0.25, -0.2) is 30.0 Å². The van der Waals surface area contributed by atoms with Crippen molar-refractivity contribution in [2.75, 3.05) is 18.6 Å². The number of aryl methyl sites for hydroxylation is 1. The van der Waals surface area contributed by atoms with E-state index in [1.807, 2.05) is 0 Å². The van der Waals surface area contributed by atoms with Crippen LogP contribution in [0.25, 0.3) is 0 Å². The number of hydrogen-bond donors (Lipinski definition) is 0. The minimum atomic E-state index is -4.24. The molecule has 3 aromatic rings. The summed E-state index contributed by atoms with van der Waals surface area (Å²) in [7, 11) is -7.91. The summed E-state index contributed by atoms with van der Waals surface area (Å²) >= 11 is 5.97. The maximum Gasteiger partial charge on any atom is 0.238 e. The van der Waals surface area contributed by atoms with Crippen molar-refractivity contribution in [1.82, 2.24) is 4.90 Å². The molecule has 2 atom stereocenters. The van der Waals surface area contributed by atoms with Crippen LogP contribution in [0.5, 0.6) is 5.75 Å². The van der Waals surface area contributed by atoms with Gasteiger partial charge in [-0.2, -0.15) is 0 Å². The largest absolute Gasteiger partial charge is 0.489 e. The molecule has 0 bridgehead atoms. The van der Waals surface area contributed by atoms with Gasteiger partial charge in [-0.1, -0.05) is 17.7 Å². The molecule has 3 aromatic carbocycles. The topological polar surface area (TPSA) is 97.8 Å². The van der Waals surface area contributed by atoms with E-state index in [0.29, 0.717) is 29.4 Å². The molecule has 0 radical (unpaired) electrons. The Morgan fingerprint density at radius 1 is 1.02 bits per heavy atom. The molecule has 0 aromatic heterocycles. The minimum absolute atomic E-state index is 0.00349. The number of ether oxygens (including phenoxy) is 1. The first-order valence-corrected chi connectivity index (χ1v) is 16.5. The Morgan fingerprint density at radius 2 is 1.73 bits per heavy atom. The molecule has 41 heavy (non-hydrogen) atoms. The van der Waals surface area contributed by atoms with Gasteiger partial charge in [-0.05, 0) is 72.9 Å². The number of nitrogens with zero attached hydrogens (tertiary/aromatic N) is 1. The first kappa shape index (κ1) is 29.4. The fourth-order valence-corrected chi connectivity index (χ4v) is 9.12. The molecule has 1 aliphatic heterocycles. The van der Waals surface area contributed by atoms with Gasteiger partial charge in [-0.3, -0.25) is 4.79 Å². The van der Waals surface area contributed by atoms with Gasteiger partial charge in [0, 0.05) is 24.4 Å². The fraction of sp³-hybridized carbons (Fsp3) is 0.321. The summed E-state index contributed by atoms with van der Waals surface area (Å²) < 4.78 is 97.8. The molecule has 13 heteroatoms. The number of sulfone groups is 2. The first-order valence-electron chi connectivity index (χ1n) is 12.6. The Morgan fingerprint density at radius 3 is 2.39 bits per heavy atom. The van der Waals surface area contributed by atoms with Crippen molar-refractivity contribution in [1.29, 1.82) is 0 Å². The zero-order chi connectivity index (χ0) is 29.7. The van der Waals surface area contributed by atoms with Crippen molar-refractivity contribution in [3.05, 3.63) is 93.8 Å². The third-order valence-electron chi connectivity index (χ3n) is 7.66. The second-order valence-corrected chi connectivity index (χ2v) is 15.0. The quantitative estimate of drug-likeness (QED) is 0.355. The smallest absolute Gasteiger partial charge is 0.238 e. The van der Waals surface area contributed by atoms with Gasteiger partial charge < -0.3 is 9.64 Å². The summed E-state index contributed by atoms with van der Waals surface area (Å²) in [6, 6.07) is 9.94. The number of rotatable bonds is 7. The summed E-state index contributed by atoms with van der Waals surface area (Å²) in [5.74, 6) is -3.46. The van der Waals surface area contributed by atoms with Crippen LogP contribution in [0.15, 0.2) is 59.5 Å². The lowest BCUT2D eigenvalue weighted by atomic mass is 9.78. The number of carbonyl (C=O) groups excluding carboxylic acids is 1. The SMILES string of the molecule is CS(=O)(=O)CC(=O)N1CC[C@@]2(S(=O)(=O)c3ccc(F)cc3)c3ccc(OCc4c(F)cc(F)cc4Cl)cc3CC[C@@H]12. The van der Waals surface area contributed by atoms with Crippen LogP contribution in [0, 0.1) is 17.5 Å². The predicted octanol–water partition coefficient (Wildman–Crippen LogP) is 4.60. The number of carbonyl (C=O) groups is 1. The highest BCUT2D eigenvalue weighted by Gasteiger charge is 2.60. The summed E-state index contributed by atoms with van der Waals surface area (Å²) in [6.07, 6.45) is 1.49. The van der Waals surface area contributed by atoms with Gasteiger partial charge in [0.15, 0.2) is 19.7 Å². The monoisotopic (exact) mass is 627 g/mol. The minimum Gasteiger partial charge on any atom is -0.489 e. The number of halogens is 4. The highest BCUT2D eigenvalue weighted by molar-refractivity contribution is 7.92. The molecule has 7 nitrogen and oxygen atoms in total. The lowest BCUT2D eigenvalue weighted by Gasteiger charge is -2.42.